The summed E-state index contributed by atoms with van der Waals surface area (Å²) < 4.78 is 39.4. The molecule has 4 aliphatic rings. The van der Waals surface area contributed by atoms with Gasteiger partial charge in [0.25, 0.3) is 12.3 Å². The number of amides is 2. The van der Waals surface area contributed by atoms with Gasteiger partial charge in [-0.15, -0.1) is 0 Å². The van der Waals surface area contributed by atoms with Crippen molar-refractivity contribution in [2.75, 3.05) is 13.7 Å². The van der Waals surface area contributed by atoms with Gasteiger partial charge >= 0.3 is 0 Å². The number of hydrogen-bond donors (Lipinski definition) is 2. The van der Waals surface area contributed by atoms with E-state index in [4.69, 9.17) is 9.47 Å². The van der Waals surface area contributed by atoms with Crippen LogP contribution >= 0.6 is 0 Å². The molecule has 2 amide bonds. The van der Waals surface area contributed by atoms with E-state index in [1.54, 1.807) is 0 Å². The summed E-state index contributed by atoms with van der Waals surface area (Å²) in [4.78, 5) is 26.9. The summed E-state index contributed by atoms with van der Waals surface area (Å²) in [5, 5.41) is 6.30. The van der Waals surface area contributed by atoms with E-state index in [0.717, 1.165) is 57.8 Å². The third-order valence-electron chi connectivity index (χ3n) is 9.84. The summed E-state index contributed by atoms with van der Waals surface area (Å²) in [5.41, 5.74) is 0.0807. The van der Waals surface area contributed by atoms with Crippen molar-refractivity contribution in [2.24, 2.45) is 29.1 Å². The number of halogens is 2. The lowest BCUT2D eigenvalue weighted by Gasteiger charge is -2.39. The highest BCUT2D eigenvalue weighted by atomic mass is 19.3. The molecule has 1 aromatic carbocycles. The Morgan fingerprint density at radius 2 is 1.76 bits per heavy atom. The maximum absolute atomic E-state index is 14.0. The van der Waals surface area contributed by atoms with Gasteiger partial charge in [-0.1, -0.05) is 20.3 Å². The minimum atomic E-state index is -2.75. The van der Waals surface area contributed by atoms with Crippen molar-refractivity contribution in [3.63, 3.8) is 0 Å². The maximum Gasteiger partial charge on any atom is 0.267 e. The summed E-state index contributed by atoms with van der Waals surface area (Å²) in [7, 11) is 1.37. The fraction of sp³-hybridized carbons (Fsp3) is 0.733. The third-order valence-corrected chi connectivity index (χ3v) is 9.84. The van der Waals surface area contributed by atoms with Gasteiger partial charge in [0.2, 0.25) is 5.91 Å². The highest BCUT2D eigenvalue weighted by Gasteiger charge is 2.51. The number of benzene rings is 1. The molecule has 4 atom stereocenters. The molecule has 38 heavy (non-hydrogen) atoms. The van der Waals surface area contributed by atoms with Crippen molar-refractivity contribution in [3.8, 4) is 11.5 Å². The van der Waals surface area contributed by atoms with Crippen LogP contribution in [0.25, 0.3) is 0 Å². The second kappa shape index (κ2) is 11.0. The smallest absolute Gasteiger partial charge is 0.267 e. The number of methoxy groups -OCH3 is 1. The molecule has 0 radical (unpaired) electrons. The summed E-state index contributed by atoms with van der Waals surface area (Å²) in [6.07, 6.45) is 7.05. The van der Waals surface area contributed by atoms with Crippen LogP contribution in [0.3, 0.4) is 0 Å². The normalized spacial score (nSPS) is 31.5. The topological polar surface area (TPSA) is 76.7 Å². The van der Waals surface area contributed by atoms with Crippen LogP contribution in [0, 0.1) is 29.1 Å². The van der Waals surface area contributed by atoms with Crippen molar-refractivity contribution in [3.05, 3.63) is 23.3 Å². The number of carbonyl (C=O) groups excluding carboxylic acids is 2. The maximum atomic E-state index is 14.0. The average Bonchev–Trinajstić information content (AvgIpc) is 3.49. The molecule has 5 rings (SSSR count). The average molecular weight is 533 g/mol. The zero-order valence-electron chi connectivity index (χ0n) is 22.9. The van der Waals surface area contributed by atoms with E-state index in [1.807, 2.05) is 0 Å². The van der Waals surface area contributed by atoms with Crippen LogP contribution in [0.1, 0.15) is 100 Å². The van der Waals surface area contributed by atoms with E-state index >= 15 is 0 Å². The predicted molar refractivity (Wildman–Crippen MR) is 141 cm³/mol. The van der Waals surface area contributed by atoms with Gasteiger partial charge in [-0.05, 0) is 93.1 Å². The lowest BCUT2D eigenvalue weighted by atomic mass is 9.70. The lowest BCUT2D eigenvalue weighted by Crippen LogP contribution is -2.51. The fourth-order valence-corrected chi connectivity index (χ4v) is 7.20. The van der Waals surface area contributed by atoms with Crippen molar-refractivity contribution in [2.45, 2.75) is 96.6 Å². The highest BCUT2D eigenvalue weighted by Crippen LogP contribution is 2.49. The quantitative estimate of drug-likeness (QED) is 0.407. The van der Waals surface area contributed by atoms with Gasteiger partial charge in [-0.25, -0.2) is 8.78 Å². The standard InChI is InChI=1S/C30H42F2N2O4/c1-17-5-9-20(10-6-17)38-24-15-22(23(37-3)14-21(24)27(31)32)28(35)34-26-19-8-7-18(13-19)25(26)29(36)33-16-30(2)11-4-12-30/h14-15,17-20,25-27H,4-13,16H2,1-3H3,(H,33,36)(H,34,35)/t17?,18-,19+,20?,25+,26-/m1/s1. The lowest BCUT2D eigenvalue weighted by molar-refractivity contribution is -0.128. The molecule has 210 valence electrons. The molecular formula is C30H42F2N2O4. The Labute approximate surface area is 224 Å². The summed E-state index contributed by atoms with van der Waals surface area (Å²) >= 11 is 0. The van der Waals surface area contributed by atoms with Gasteiger partial charge in [0.05, 0.1) is 30.3 Å². The van der Waals surface area contributed by atoms with Gasteiger partial charge in [0.1, 0.15) is 11.5 Å². The number of nitrogens with one attached hydrogen (secondary N) is 2. The fourth-order valence-electron chi connectivity index (χ4n) is 7.20. The van der Waals surface area contributed by atoms with Crippen molar-refractivity contribution >= 4 is 11.8 Å². The van der Waals surface area contributed by atoms with Crippen LogP contribution in [0.2, 0.25) is 0 Å². The third kappa shape index (κ3) is 5.50. The Balaban J connectivity index is 1.34. The zero-order chi connectivity index (χ0) is 27.0. The first-order chi connectivity index (χ1) is 18.2. The molecule has 0 spiro atoms. The molecular weight excluding hydrogens is 490 g/mol. The molecule has 0 unspecified atom stereocenters. The Morgan fingerprint density at radius 3 is 2.39 bits per heavy atom. The Morgan fingerprint density at radius 1 is 1.05 bits per heavy atom. The van der Waals surface area contributed by atoms with E-state index in [-0.39, 0.29) is 63.8 Å². The predicted octanol–water partition coefficient (Wildman–Crippen LogP) is 6.04. The number of rotatable bonds is 9. The van der Waals surface area contributed by atoms with E-state index in [9.17, 15) is 18.4 Å². The van der Waals surface area contributed by atoms with Crippen LogP contribution in [-0.4, -0.2) is 37.6 Å². The largest absolute Gasteiger partial charge is 0.496 e. The number of ether oxygens (including phenoxy) is 2. The number of carbonyl (C=O) groups is 2. The van der Waals surface area contributed by atoms with E-state index in [2.05, 4.69) is 24.5 Å². The SMILES string of the molecule is COc1cc(C(F)F)c(OC2CCC(C)CC2)cc1C(=O)N[C@@H]1[C@H]2CC[C@H](C2)[C@@H]1C(=O)NCC1(C)CCC1. The molecule has 2 bridgehead atoms. The molecule has 1 aromatic rings. The van der Waals surface area contributed by atoms with Gasteiger partial charge in [0, 0.05) is 12.6 Å². The summed E-state index contributed by atoms with van der Waals surface area (Å²) in [5.74, 6) is 0.571. The minimum absolute atomic E-state index is 0.0196. The summed E-state index contributed by atoms with van der Waals surface area (Å²) in [6.45, 7) is 5.07. The molecule has 0 heterocycles. The van der Waals surface area contributed by atoms with Crippen LogP contribution in [0.15, 0.2) is 12.1 Å². The highest BCUT2D eigenvalue weighted by molar-refractivity contribution is 5.98. The minimum Gasteiger partial charge on any atom is -0.496 e. The Bertz CT molecular complexity index is 1040. The Hall–Kier alpha value is -2.38. The van der Waals surface area contributed by atoms with E-state index in [1.165, 1.54) is 25.7 Å². The van der Waals surface area contributed by atoms with Crippen molar-refractivity contribution in [1.82, 2.24) is 10.6 Å². The molecule has 0 saturated heterocycles. The van der Waals surface area contributed by atoms with Gasteiger partial charge in [0.15, 0.2) is 0 Å². The first-order valence-electron chi connectivity index (χ1n) is 14.4. The zero-order valence-corrected chi connectivity index (χ0v) is 22.9. The molecule has 2 N–H and O–H groups in total. The van der Waals surface area contributed by atoms with Crippen molar-refractivity contribution in [1.29, 1.82) is 0 Å². The molecule has 0 aliphatic heterocycles. The molecule has 4 fully saturated rings. The number of fused-ring (bicyclic) bond motifs is 2. The van der Waals surface area contributed by atoms with Crippen LogP contribution < -0.4 is 20.1 Å². The van der Waals surface area contributed by atoms with Gasteiger partial charge < -0.3 is 20.1 Å². The van der Waals surface area contributed by atoms with E-state index < -0.39 is 12.3 Å². The van der Waals surface area contributed by atoms with Crippen molar-refractivity contribution < 1.29 is 27.8 Å². The van der Waals surface area contributed by atoms with E-state index in [0.29, 0.717) is 12.5 Å². The molecule has 6 nitrogen and oxygen atoms in total. The van der Waals surface area contributed by atoms with Gasteiger partial charge in [-0.2, -0.15) is 0 Å². The Kier molecular flexibility index (Phi) is 7.88. The molecule has 0 aromatic heterocycles. The second-order valence-corrected chi connectivity index (χ2v) is 12.6. The number of hydrogen-bond acceptors (Lipinski definition) is 4. The summed E-state index contributed by atoms with van der Waals surface area (Å²) in [6, 6.07) is 2.36. The van der Waals surface area contributed by atoms with Crippen LogP contribution in [0.5, 0.6) is 11.5 Å². The van der Waals surface area contributed by atoms with Crippen LogP contribution in [-0.2, 0) is 4.79 Å². The molecule has 8 heteroatoms. The van der Waals surface area contributed by atoms with Gasteiger partial charge in [-0.3, -0.25) is 9.59 Å². The van der Waals surface area contributed by atoms with Crippen LogP contribution in [0.4, 0.5) is 8.78 Å². The molecule has 4 saturated carbocycles. The first-order valence-corrected chi connectivity index (χ1v) is 14.4. The molecule has 4 aliphatic carbocycles. The monoisotopic (exact) mass is 532 g/mol. The first kappa shape index (κ1) is 27.2. The number of alkyl halides is 2. The second-order valence-electron chi connectivity index (χ2n) is 12.6.